The van der Waals surface area contributed by atoms with E-state index in [4.69, 9.17) is 7.85 Å². The SMILES string of the molecule is [B]c1ccc2c(c1)C(F)(F)c1cc(Br)ccc1-2. The van der Waals surface area contributed by atoms with E-state index in [2.05, 4.69) is 15.9 Å². The minimum absolute atomic E-state index is 0.00870. The van der Waals surface area contributed by atoms with Gasteiger partial charge in [-0.15, -0.1) is 0 Å². The summed E-state index contributed by atoms with van der Waals surface area (Å²) in [5, 5.41) is 0. The number of halogens is 3. The lowest BCUT2D eigenvalue weighted by atomic mass is 9.91. The van der Waals surface area contributed by atoms with Crippen molar-refractivity contribution < 1.29 is 8.78 Å². The Morgan fingerprint density at radius 1 is 0.941 bits per heavy atom. The topological polar surface area (TPSA) is 0 Å². The highest BCUT2D eigenvalue weighted by Gasteiger charge is 2.44. The first-order chi connectivity index (χ1) is 8.00. The highest BCUT2D eigenvalue weighted by molar-refractivity contribution is 9.10. The number of benzene rings is 2. The number of alkyl halides is 2. The van der Waals surface area contributed by atoms with E-state index in [1.807, 2.05) is 0 Å². The van der Waals surface area contributed by atoms with Gasteiger partial charge in [0.25, 0.3) is 5.92 Å². The molecule has 0 bridgehead atoms. The predicted molar refractivity (Wildman–Crippen MR) is 68.0 cm³/mol. The average Bonchev–Trinajstić information content (AvgIpc) is 2.49. The normalized spacial score (nSPS) is 15.5. The third-order valence-corrected chi connectivity index (χ3v) is 3.49. The highest BCUT2D eigenvalue weighted by atomic mass is 79.9. The molecule has 0 fully saturated rings. The maximum atomic E-state index is 14.2. The van der Waals surface area contributed by atoms with Gasteiger partial charge in [0, 0.05) is 15.6 Å². The van der Waals surface area contributed by atoms with E-state index in [1.54, 1.807) is 24.3 Å². The zero-order chi connectivity index (χ0) is 12.2. The summed E-state index contributed by atoms with van der Waals surface area (Å²) < 4.78 is 29.1. The van der Waals surface area contributed by atoms with Crippen LogP contribution in [-0.2, 0) is 5.92 Å². The van der Waals surface area contributed by atoms with Gasteiger partial charge in [0.15, 0.2) is 0 Å². The molecule has 0 heterocycles. The molecule has 1 aliphatic rings. The molecule has 0 aliphatic heterocycles. The van der Waals surface area contributed by atoms with Gasteiger partial charge in [-0.1, -0.05) is 45.7 Å². The molecule has 0 atom stereocenters. The van der Waals surface area contributed by atoms with Crippen LogP contribution >= 0.6 is 15.9 Å². The summed E-state index contributed by atoms with van der Waals surface area (Å²) in [5.41, 5.74) is 1.52. The van der Waals surface area contributed by atoms with E-state index in [-0.39, 0.29) is 11.1 Å². The number of hydrogen-bond acceptors (Lipinski definition) is 0. The Balaban J connectivity index is 2.37. The zero-order valence-electron chi connectivity index (χ0n) is 8.68. The molecule has 2 aromatic rings. The van der Waals surface area contributed by atoms with Crippen LogP contribution in [0.5, 0.6) is 0 Å². The molecule has 3 rings (SSSR count). The smallest absolute Gasteiger partial charge is 0.196 e. The summed E-state index contributed by atoms with van der Waals surface area (Å²) in [6.45, 7) is 0. The fourth-order valence-corrected chi connectivity index (χ4v) is 2.57. The van der Waals surface area contributed by atoms with E-state index in [9.17, 15) is 8.78 Å². The molecule has 2 aromatic carbocycles. The second kappa shape index (κ2) is 3.42. The maximum absolute atomic E-state index is 14.2. The zero-order valence-corrected chi connectivity index (χ0v) is 10.3. The molecule has 0 saturated carbocycles. The van der Waals surface area contributed by atoms with Crippen LogP contribution in [0.2, 0.25) is 0 Å². The summed E-state index contributed by atoms with van der Waals surface area (Å²) in [5.74, 6) is -2.97. The van der Waals surface area contributed by atoms with Crippen molar-refractivity contribution in [2.45, 2.75) is 5.92 Å². The van der Waals surface area contributed by atoms with Gasteiger partial charge >= 0.3 is 0 Å². The van der Waals surface area contributed by atoms with Gasteiger partial charge in [0.05, 0.1) is 0 Å². The molecule has 0 saturated heterocycles. The van der Waals surface area contributed by atoms with E-state index in [0.717, 1.165) is 0 Å². The van der Waals surface area contributed by atoms with E-state index in [1.165, 1.54) is 12.1 Å². The molecule has 4 heteroatoms. The Labute approximate surface area is 107 Å². The van der Waals surface area contributed by atoms with Crippen LogP contribution in [-0.4, -0.2) is 7.85 Å². The first-order valence-electron chi connectivity index (χ1n) is 5.08. The molecule has 0 aromatic heterocycles. The Morgan fingerprint density at radius 2 is 1.53 bits per heavy atom. The molecule has 2 radical (unpaired) electrons. The molecular formula is C13H6BBrF2. The van der Waals surface area contributed by atoms with Gasteiger partial charge in [-0.25, -0.2) is 0 Å². The Morgan fingerprint density at radius 3 is 2.24 bits per heavy atom. The van der Waals surface area contributed by atoms with Crippen molar-refractivity contribution in [1.29, 1.82) is 0 Å². The van der Waals surface area contributed by atoms with Crippen molar-refractivity contribution in [3.63, 3.8) is 0 Å². The Kier molecular flexibility index (Phi) is 2.21. The number of hydrogen-bond donors (Lipinski definition) is 0. The molecule has 0 amide bonds. The summed E-state index contributed by atoms with van der Waals surface area (Å²) >= 11 is 3.22. The standard InChI is InChI=1S/C13H6BBrF2/c14-7-1-3-9-10-4-2-8(15)6-12(10)13(16,17)11(9)5-7/h1-6H. The van der Waals surface area contributed by atoms with Gasteiger partial charge < -0.3 is 0 Å². The van der Waals surface area contributed by atoms with Gasteiger partial charge in [-0.05, 0) is 23.3 Å². The highest BCUT2D eigenvalue weighted by Crippen LogP contribution is 2.51. The average molecular weight is 291 g/mol. The predicted octanol–water partition coefficient (Wildman–Crippen LogP) is 3.36. The lowest BCUT2D eigenvalue weighted by Crippen LogP contribution is -2.14. The van der Waals surface area contributed by atoms with Gasteiger partial charge in [-0.2, -0.15) is 8.78 Å². The largest absolute Gasteiger partial charge is 0.299 e. The summed E-state index contributed by atoms with van der Waals surface area (Å²) in [7, 11) is 5.57. The summed E-state index contributed by atoms with van der Waals surface area (Å²) in [6, 6.07) is 9.58. The molecule has 17 heavy (non-hydrogen) atoms. The minimum atomic E-state index is -2.97. The van der Waals surface area contributed by atoms with Crippen LogP contribution in [0.1, 0.15) is 11.1 Å². The quantitative estimate of drug-likeness (QED) is 0.653. The fourth-order valence-electron chi connectivity index (χ4n) is 2.21. The Hall–Kier alpha value is -1.16. The second-order valence-corrected chi connectivity index (χ2v) is 4.98. The summed E-state index contributed by atoms with van der Waals surface area (Å²) in [4.78, 5) is 0. The van der Waals surface area contributed by atoms with Crippen LogP contribution < -0.4 is 5.46 Å². The molecule has 0 spiro atoms. The van der Waals surface area contributed by atoms with Crippen molar-refractivity contribution in [1.82, 2.24) is 0 Å². The van der Waals surface area contributed by atoms with Crippen LogP contribution in [0.15, 0.2) is 40.9 Å². The maximum Gasteiger partial charge on any atom is 0.299 e. The molecule has 0 unspecified atom stereocenters. The van der Waals surface area contributed by atoms with E-state index >= 15 is 0 Å². The first-order valence-corrected chi connectivity index (χ1v) is 5.87. The second-order valence-electron chi connectivity index (χ2n) is 4.07. The van der Waals surface area contributed by atoms with Crippen molar-refractivity contribution >= 4 is 29.2 Å². The summed E-state index contributed by atoms with van der Waals surface area (Å²) in [6.07, 6.45) is 0. The third kappa shape index (κ3) is 1.47. The number of fused-ring (bicyclic) bond motifs is 3. The van der Waals surface area contributed by atoms with Gasteiger partial charge in [-0.3, -0.25) is 0 Å². The van der Waals surface area contributed by atoms with Crippen molar-refractivity contribution in [3.8, 4) is 11.1 Å². The monoisotopic (exact) mass is 290 g/mol. The third-order valence-electron chi connectivity index (χ3n) is 2.99. The molecule has 1 aliphatic carbocycles. The molecule has 0 nitrogen and oxygen atoms in total. The van der Waals surface area contributed by atoms with Gasteiger partial charge in [0.2, 0.25) is 0 Å². The van der Waals surface area contributed by atoms with Crippen molar-refractivity contribution in [3.05, 3.63) is 52.0 Å². The van der Waals surface area contributed by atoms with Crippen molar-refractivity contribution in [2.75, 3.05) is 0 Å². The van der Waals surface area contributed by atoms with Crippen LogP contribution in [0, 0.1) is 0 Å². The molecule has 0 N–H and O–H groups in total. The fraction of sp³-hybridized carbons (Fsp3) is 0.0769. The van der Waals surface area contributed by atoms with Crippen LogP contribution in [0.3, 0.4) is 0 Å². The van der Waals surface area contributed by atoms with E-state index < -0.39 is 5.92 Å². The Bertz CT molecular complexity index is 569. The van der Waals surface area contributed by atoms with Crippen LogP contribution in [0.4, 0.5) is 8.78 Å². The van der Waals surface area contributed by atoms with Crippen molar-refractivity contribution in [2.24, 2.45) is 0 Å². The first kappa shape index (κ1) is 11.0. The molecule has 82 valence electrons. The van der Waals surface area contributed by atoms with Gasteiger partial charge in [0.1, 0.15) is 7.85 Å². The number of rotatable bonds is 0. The lowest BCUT2D eigenvalue weighted by Gasteiger charge is -2.12. The van der Waals surface area contributed by atoms with Crippen LogP contribution in [0.25, 0.3) is 11.1 Å². The molecular weight excluding hydrogens is 285 g/mol. The lowest BCUT2D eigenvalue weighted by molar-refractivity contribution is 0.0480. The van der Waals surface area contributed by atoms with E-state index in [0.29, 0.717) is 21.1 Å². The minimum Gasteiger partial charge on any atom is -0.196 e.